The van der Waals surface area contributed by atoms with Gasteiger partial charge < -0.3 is 10.5 Å². The van der Waals surface area contributed by atoms with Gasteiger partial charge in [0, 0.05) is 25.1 Å². The molecule has 0 aliphatic heterocycles. The van der Waals surface area contributed by atoms with Crippen LogP contribution in [0.25, 0.3) is 5.78 Å². The summed E-state index contributed by atoms with van der Waals surface area (Å²) in [5, 5.41) is 0. The van der Waals surface area contributed by atoms with Crippen LogP contribution in [-0.4, -0.2) is 21.5 Å². The van der Waals surface area contributed by atoms with Crippen LogP contribution in [0.1, 0.15) is 5.56 Å². The predicted molar refractivity (Wildman–Crippen MR) is 48.1 cm³/mol. The van der Waals surface area contributed by atoms with Gasteiger partial charge in [-0.3, -0.25) is 4.40 Å². The average Bonchev–Trinajstić information content (AvgIpc) is 2.49. The Balaban J connectivity index is 2.53. The Kier molecular flexibility index (Phi) is 1.86. The Bertz CT molecular complexity index is 423. The van der Waals surface area contributed by atoms with Crippen LogP contribution in [0.2, 0.25) is 0 Å². The average molecular weight is 178 g/mol. The summed E-state index contributed by atoms with van der Waals surface area (Å²) < 4.78 is 6.71. The maximum Gasteiger partial charge on any atom is 0.235 e. The lowest BCUT2D eigenvalue weighted by Crippen LogP contribution is -1.97. The van der Waals surface area contributed by atoms with Crippen molar-refractivity contribution in [2.75, 3.05) is 12.8 Å². The minimum absolute atomic E-state index is 0.528. The topological polar surface area (TPSA) is 65.4 Å². The molecule has 0 saturated heterocycles. The number of methoxy groups -OCH3 is 1. The molecule has 68 valence electrons. The first-order valence-corrected chi connectivity index (χ1v) is 3.87. The third-order valence-electron chi connectivity index (χ3n) is 1.76. The maximum absolute atomic E-state index is 5.66. The normalized spacial score (nSPS) is 10.8. The Hall–Kier alpha value is -1.62. The molecule has 0 bridgehead atoms. The highest BCUT2D eigenvalue weighted by atomic mass is 16.5. The van der Waals surface area contributed by atoms with Gasteiger partial charge in [0.1, 0.15) is 5.82 Å². The van der Waals surface area contributed by atoms with Crippen molar-refractivity contribution in [3.05, 3.63) is 24.2 Å². The van der Waals surface area contributed by atoms with E-state index in [9.17, 15) is 0 Å². The lowest BCUT2D eigenvalue weighted by atomic mass is 10.4. The summed E-state index contributed by atoms with van der Waals surface area (Å²) in [6.07, 6.45) is 5.18. The molecule has 0 atom stereocenters. The first-order chi connectivity index (χ1) is 6.31. The van der Waals surface area contributed by atoms with E-state index >= 15 is 0 Å². The Morgan fingerprint density at radius 3 is 3.00 bits per heavy atom. The third kappa shape index (κ3) is 1.33. The number of anilines is 1. The molecule has 0 unspecified atom stereocenters. The van der Waals surface area contributed by atoms with E-state index in [0.29, 0.717) is 18.2 Å². The SMILES string of the molecule is COCc1cnc2ncc(N)n2c1. The van der Waals surface area contributed by atoms with Crippen molar-refractivity contribution in [3.63, 3.8) is 0 Å². The van der Waals surface area contributed by atoms with Crippen molar-refractivity contribution in [1.82, 2.24) is 14.4 Å². The molecule has 0 fully saturated rings. The van der Waals surface area contributed by atoms with Gasteiger partial charge in [0.2, 0.25) is 5.78 Å². The largest absolute Gasteiger partial charge is 0.383 e. The van der Waals surface area contributed by atoms with E-state index in [-0.39, 0.29) is 0 Å². The van der Waals surface area contributed by atoms with Crippen LogP contribution in [0.4, 0.5) is 5.82 Å². The molecule has 2 N–H and O–H groups in total. The highest BCUT2D eigenvalue weighted by Crippen LogP contribution is 2.07. The fourth-order valence-electron chi connectivity index (χ4n) is 1.17. The van der Waals surface area contributed by atoms with Crippen LogP contribution in [0.3, 0.4) is 0 Å². The van der Waals surface area contributed by atoms with Crippen molar-refractivity contribution in [3.8, 4) is 0 Å². The highest BCUT2D eigenvalue weighted by Gasteiger charge is 2.01. The third-order valence-corrected chi connectivity index (χ3v) is 1.76. The summed E-state index contributed by atoms with van der Waals surface area (Å²) in [6, 6.07) is 0. The van der Waals surface area contributed by atoms with Crippen LogP contribution in [0.15, 0.2) is 18.6 Å². The van der Waals surface area contributed by atoms with Crippen molar-refractivity contribution in [2.45, 2.75) is 6.61 Å². The monoisotopic (exact) mass is 178 g/mol. The molecule has 2 aromatic heterocycles. The summed E-state index contributed by atoms with van der Waals surface area (Å²) in [5.74, 6) is 1.19. The van der Waals surface area contributed by atoms with E-state index in [2.05, 4.69) is 9.97 Å². The summed E-state index contributed by atoms with van der Waals surface area (Å²) >= 11 is 0. The molecule has 2 rings (SSSR count). The maximum atomic E-state index is 5.66. The van der Waals surface area contributed by atoms with Gasteiger partial charge >= 0.3 is 0 Å². The van der Waals surface area contributed by atoms with Gasteiger partial charge in [-0.1, -0.05) is 0 Å². The van der Waals surface area contributed by atoms with Crippen LogP contribution >= 0.6 is 0 Å². The summed E-state index contributed by atoms with van der Waals surface area (Å²) in [5.41, 5.74) is 6.63. The number of fused-ring (bicyclic) bond motifs is 1. The smallest absolute Gasteiger partial charge is 0.235 e. The number of nitrogens with two attached hydrogens (primary N) is 1. The van der Waals surface area contributed by atoms with Crippen LogP contribution < -0.4 is 5.73 Å². The lowest BCUT2D eigenvalue weighted by Gasteiger charge is -2.00. The summed E-state index contributed by atoms with van der Waals surface area (Å²) in [4.78, 5) is 8.12. The molecule has 2 heterocycles. The van der Waals surface area contributed by atoms with Gasteiger partial charge in [-0.2, -0.15) is 0 Å². The minimum Gasteiger partial charge on any atom is -0.383 e. The molecule has 0 aliphatic carbocycles. The fourth-order valence-corrected chi connectivity index (χ4v) is 1.17. The van der Waals surface area contributed by atoms with Crippen LogP contribution in [-0.2, 0) is 11.3 Å². The number of hydrogen-bond donors (Lipinski definition) is 1. The van der Waals surface area contributed by atoms with Gasteiger partial charge in [-0.15, -0.1) is 0 Å². The standard InChI is InChI=1S/C8H10N4O/c1-13-5-6-2-10-8-11-3-7(9)12(8)4-6/h2-4H,5,9H2,1H3. The van der Waals surface area contributed by atoms with Gasteiger partial charge in [0.15, 0.2) is 0 Å². The fraction of sp³-hybridized carbons (Fsp3) is 0.250. The summed E-state index contributed by atoms with van der Waals surface area (Å²) in [7, 11) is 1.64. The summed E-state index contributed by atoms with van der Waals surface area (Å²) in [6.45, 7) is 0.528. The molecular formula is C8H10N4O. The number of nitrogen functional groups attached to an aromatic ring is 1. The van der Waals surface area contributed by atoms with Crippen LogP contribution in [0, 0.1) is 0 Å². The molecule has 2 aromatic rings. The molecule has 0 spiro atoms. The number of rotatable bonds is 2. The van der Waals surface area contributed by atoms with Gasteiger partial charge in [-0.25, -0.2) is 9.97 Å². The molecule has 0 aliphatic rings. The highest BCUT2D eigenvalue weighted by molar-refractivity contribution is 5.42. The quantitative estimate of drug-likeness (QED) is 0.725. The van der Waals surface area contributed by atoms with E-state index in [1.807, 2.05) is 6.20 Å². The second-order valence-electron chi connectivity index (χ2n) is 2.75. The second kappa shape index (κ2) is 3.02. The second-order valence-corrected chi connectivity index (χ2v) is 2.75. The Morgan fingerprint density at radius 1 is 1.46 bits per heavy atom. The first-order valence-electron chi connectivity index (χ1n) is 3.87. The molecular weight excluding hydrogens is 168 g/mol. The number of aromatic nitrogens is 3. The zero-order valence-corrected chi connectivity index (χ0v) is 7.27. The Labute approximate surface area is 75.2 Å². The lowest BCUT2D eigenvalue weighted by molar-refractivity contribution is 0.184. The molecule has 5 nitrogen and oxygen atoms in total. The molecule has 0 aromatic carbocycles. The number of imidazole rings is 1. The van der Waals surface area contributed by atoms with Crippen molar-refractivity contribution < 1.29 is 4.74 Å². The zero-order chi connectivity index (χ0) is 9.26. The molecule has 0 radical (unpaired) electrons. The number of hydrogen-bond acceptors (Lipinski definition) is 4. The van der Waals surface area contributed by atoms with E-state index in [1.165, 1.54) is 0 Å². The number of ether oxygens (including phenoxy) is 1. The van der Waals surface area contributed by atoms with E-state index in [4.69, 9.17) is 10.5 Å². The molecule has 13 heavy (non-hydrogen) atoms. The number of nitrogens with zero attached hydrogens (tertiary/aromatic N) is 3. The van der Waals surface area contributed by atoms with Gasteiger partial charge in [0.25, 0.3) is 0 Å². The van der Waals surface area contributed by atoms with Crippen molar-refractivity contribution >= 4 is 11.6 Å². The van der Waals surface area contributed by atoms with E-state index in [1.54, 1.807) is 23.9 Å². The Morgan fingerprint density at radius 2 is 2.23 bits per heavy atom. The molecule has 0 saturated carbocycles. The molecule has 5 heteroatoms. The van der Waals surface area contributed by atoms with E-state index in [0.717, 1.165) is 5.56 Å². The van der Waals surface area contributed by atoms with Gasteiger partial charge in [0.05, 0.1) is 12.8 Å². The van der Waals surface area contributed by atoms with Gasteiger partial charge in [-0.05, 0) is 0 Å². The van der Waals surface area contributed by atoms with Crippen LogP contribution in [0.5, 0.6) is 0 Å². The molecule has 0 amide bonds. The van der Waals surface area contributed by atoms with Crippen molar-refractivity contribution in [1.29, 1.82) is 0 Å². The minimum atomic E-state index is 0.528. The van der Waals surface area contributed by atoms with Crippen molar-refractivity contribution in [2.24, 2.45) is 0 Å². The predicted octanol–water partition coefficient (Wildman–Crippen LogP) is 0.458. The zero-order valence-electron chi connectivity index (χ0n) is 7.27. The first kappa shape index (κ1) is 8.00. The van der Waals surface area contributed by atoms with E-state index < -0.39 is 0 Å².